The second-order valence-corrected chi connectivity index (χ2v) is 6.10. The molecule has 0 amide bonds. The zero-order chi connectivity index (χ0) is 16.3. The molecule has 0 atom stereocenters. The summed E-state index contributed by atoms with van der Waals surface area (Å²) in [5, 5.41) is 10.2. The average Bonchev–Trinajstić information content (AvgIpc) is 2.81. The van der Waals surface area contributed by atoms with Crippen LogP contribution in [0.1, 0.15) is 24.6 Å². The highest BCUT2D eigenvalue weighted by Crippen LogP contribution is 2.44. The van der Waals surface area contributed by atoms with Crippen LogP contribution in [0.15, 0.2) is 18.7 Å². The predicted molar refractivity (Wildman–Crippen MR) is 90.5 cm³/mol. The average molecular weight is 341 g/mol. The summed E-state index contributed by atoms with van der Waals surface area (Å²) >= 11 is 7.92. The second kappa shape index (κ2) is 7.03. The van der Waals surface area contributed by atoms with Gasteiger partial charge in [-0.2, -0.15) is 0 Å². The molecule has 4 nitrogen and oxygen atoms in total. The number of halogens is 1. The molecule has 0 bridgehead atoms. The molecule has 0 saturated carbocycles. The van der Waals surface area contributed by atoms with Crippen LogP contribution in [0.2, 0.25) is 5.02 Å². The molecule has 0 spiro atoms. The van der Waals surface area contributed by atoms with E-state index in [0.29, 0.717) is 29.5 Å². The number of allylic oxidation sites excluding steroid dienone is 1. The first-order valence-corrected chi connectivity index (χ1v) is 8.00. The number of aliphatic carboxylic acids is 1. The van der Waals surface area contributed by atoms with Crippen molar-refractivity contribution in [3.8, 4) is 11.5 Å². The molecule has 1 aromatic carbocycles. The minimum atomic E-state index is -0.848. The number of benzene rings is 1. The van der Waals surface area contributed by atoms with Gasteiger partial charge in [-0.3, -0.25) is 4.79 Å². The van der Waals surface area contributed by atoms with Gasteiger partial charge in [-0.15, -0.1) is 11.3 Å². The lowest BCUT2D eigenvalue weighted by molar-refractivity contribution is -0.136. The van der Waals surface area contributed by atoms with Gasteiger partial charge in [0.2, 0.25) is 0 Å². The van der Waals surface area contributed by atoms with Gasteiger partial charge in [0.15, 0.2) is 11.5 Å². The number of hydrogen-bond donors (Lipinski definition) is 1. The second-order valence-electron chi connectivity index (χ2n) is 4.67. The van der Waals surface area contributed by atoms with Crippen LogP contribution in [-0.4, -0.2) is 24.8 Å². The molecule has 118 valence electrons. The number of ether oxygens (including phenoxy) is 2. The van der Waals surface area contributed by atoms with Gasteiger partial charge in [0.05, 0.1) is 18.7 Å². The number of methoxy groups -OCH3 is 1. The molecule has 22 heavy (non-hydrogen) atoms. The predicted octanol–water partition coefficient (Wildman–Crippen LogP) is 4.84. The Labute approximate surface area is 137 Å². The van der Waals surface area contributed by atoms with Crippen LogP contribution in [-0.2, 0) is 4.79 Å². The Kier molecular flexibility index (Phi) is 5.32. The zero-order valence-electron chi connectivity index (χ0n) is 12.4. The maximum atomic E-state index is 10.7. The van der Waals surface area contributed by atoms with Crippen molar-refractivity contribution in [1.29, 1.82) is 0 Å². The number of hydrogen-bond acceptors (Lipinski definition) is 4. The lowest BCUT2D eigenvalue weighted by atomic mass is 10.1. The standard InChI is InChI=1S/C16H17ClO4S/c1-4-21-12-7-10-13(8-11(12)20-3)22-16(15(10)17)9(2)5-6-14(18)19/h7-8H,2,4-6H2,1,3H3,(H,18,19). The smallest absolute Gasteiger partial charge is 0.303 e. The summed E-state index contributed by atoms with van der Waals surface area (Å²) in [4.78, 5) is 11.5. The lowest BCUT2D eigenvalue weighted by Crippen LogP contribution is -1.95. The van der Waals surface area contributed by atoms with E-state index in [0.717, 1.165) is 20.5 Å². The highest BCUT2D eigenvalue weighted by molar-refractivity contribution is 7.20. The van der Waals surface area contributed by atoms with Crippen molar-refractivity contribution >= 4 is 44.6 Å². The highest BCUT2D eigenvalue weighted by Gasteiger charge is 2.17. The SMILES string of the molecule is C=C(CCC(=O)O)c1sc2cc(OC)c(OCC)cc2c1Cl. The first kappa shape index (κ1) is 16.6. The third kappa shape index (κ3) is 3.36. The van der Waals surface area contributed by atoms with E-state index < -0.39 is 5.97 Å². The molecule has 2 aromatic rings. The van der Waals surface area contributed by atoms with E-state index in [1.807, 2.05) is 19.1 Å². The van der Waals surface area contributed by atoms with Gasteiger partial charge in [-0.25, -0.2) is 0 Å². The van der Waals surface area contributed by atoms with E-state index in [4.69, 9.17) is 26.2 Å². The van der Waals surface area contributed by atoms with Crippen LogP contribution >= 0.6 is 22.9 Å². The molecule has 6 heteroatoms. The minimum Gasteiger partial charge on any atom is -0.493 e. The third-order valence-electron chi connectivity index (χ3n) is 3.18. The van der Waals surface area contributed by atoms with Crippen molar-refractivity contribution in [2.24, 2.45) is 0 Å². The van der Waals surface area contributed by atoms with E-state index in [-0.39, 0.29) is 6.42 Å². The molecule has 1 N–H and O–H groups in total. The van der Waals surface area contributed by atoms with Gasteiger partial charge in [-0.1, -0.05) is 18.2 Å². The van der Waals surface area contributed by atoms with Crippen molar-refractivity contribution in [3.63, 3.8) is 0 Å². The largest absolute Gasteiger partial charge is 0.493 e. The zero-order valence-corrected chi connectivity index (χ0v) is 14.0. The van der Waals surface area contributed by atoms with Crippen LogP contribution < -0.4 is 9.47 Å². The van der Waals surface area contributed by atoms with Crippen molar-refractivity contribution in [3.05, 3.63) is 28.6 Å². The molecule has 0 fully saturated rings. The summed E-state index contributed by atoms with van der Waals surface area (Å²) in [5.74, 6) is 0.438. The summed E-state index contributed by atoms with van der Waals surface area (Å²) in [6.45, 7) is 6.38. The molecular formula is C16H17ClO4S. The fourth-order valence-electron chi connectivity index (χ4n) is 2.10. The molecule has 0 unspecified atom stereocenters. The van der Waals surface area contributed by atoms with Gasteiger partial charge in [-0.05, 0) is 25.0 Å². The molecule has 0 aliphatic rings. The fourth-order valence-corrected chi connectivity index (χ4v) is 3.67. The van der Waals surface area contributed by atoms with Crippen LogP contribution in [0.4, 0.5) is 0 Å². The van der Waals surface area contributed by atoms with Crippen molar-refractivity contribution in [2.45, 2.75) is 19.8 Å². The number of carboxylic acids is 1. The van der Waals surface area contributed by atoms with Gasteiger partial charge in [0.1, 0.15) is 0 Å². The molecule has 2 rings (SSSR count). The minimum absolute atomic E-state index is 0.0386. The summed E-state index contributed by atoms with van der Waals surface area (Å²) < 4.78 is 11.8. The Morgan fingerprint density at radius 2 is 2.09 bits per heavy atom. The van der Waals surface area contributed by atoms with Gasteiger partial charge in [0, 0.05) is 27.5 Å². The summed E-state index contributed by atoms with van der Waals surface area (Å²) in [5.41, 5.74) is 0.727. The number of carbonyl (C=O) groups is 1. The van der Waals surface area contributed by atoms with Crippen LogP contribution in [0.25, 0.3) is 15.7 Å². The van der Waals surface area contributed by atoms with Gasteiger partial charge < -0.3 is 14.6 Å². The van der Waals surface area contributed by atoms with E-state index in [1.165, 1.54) is 11.3 Å². The number of rotatable bonds is 7. The van der Waals surface area contributed by atoms with E-state index in [1.54, 1.807) is 7.11 Å². The third-order valence-corrected chi connectivity index (χ3v) is 4.93. The van der Waals surface area contributed by atoms with Crippen LogP contribution in [0, 0.1) is 0 Å². The Hall–Kier alpha value is -1.72. The van der Waals surface area contributed by atoms with Gasteiger partial charge in [0.25, 0.3) is 0 Å². The van der Waals surface area contributed by atoms with E-state index >= 15 is 0 Å². The molecular weight excluding hydrogens is 324 g/mol. The van der Waals surface area contributed by atoms with Crippen molar-refractivity contribution < 1.29 is 19.4 Å². The summed E-state index contributed by atoms with van der Waals surface area (Å²) in [7, 11) is 1.59. The Morgan fingerprint density at radius 3 is 2.68 bits per heavy atom. The number of fused-ring (bicyclic) bond motifs is 1. The molecule has 1 heterocycles. The summed E-state index contributed by atoms with van der Waals surface area (Å²) in [6.07, 6.45) is 0.411. The Bertz CT molecular complexity index is 720. The number of carboxylic acid groups (broad SMARTS) is 1. The molecule has 0 aliphatic heterocycles. The van der Waals surface area contributed by atoms with Gasteiger partial charge >= 0.3 is 5.97 Å². The first-order chi connectivity index (χ1) is 10.5. The lowest BCUT2D eigenvalue weighted by Gasteiger charge is -2.09. The van der Waals surface area contributed by atoms with Crippen LogP contribution in [0.5, 0.6) is 11.5 Å². The fraction of sp³-hybridized carbons (Fsp3) is 0.312. The summed E-state index contributed by atoms with van der Waals surface area (Å²) in [6, 6.07) is 3.73. The maximum Gasteiger partial charge on any atom is 0.303 e. The molecule has 0 aliphatic carbocycles. The first-order valence-electron chi connectivity index (χ1n) is 6.80. The Morgan fingerprint density at radius 1 is 1.36 bits per heavy atom. The van der Waals surface area contributed by atoms with Crippen LogP contribution in [0.3, 0.4) is 0 Å². The normalized spacial score (nSPS) is 10.7. The molecule has 1 aromatic heterocycles. The van der Waals surface area contributed by atoms with E-state index in [9.17, 15) is 4.79 Å². The van der Waals surface area contributed by atoms with Crippen molar-refractivity contribution in [1.82, 2.24) is 0 Å². The quantitative estimate of drug-likeness (QED) is 0.783. The van der Waals surface area contributed by atoms with E-state index in [2.05, 4.69) is 6.58 Å². The maximum absolute atomic E-state index is 10.7. The highest BCUT2D eigenvalue weighted by atomic mass is 35.5. The Balaban J connectivity index is 2.44. The molecule has 0 saturated heterocycles. The topological polar surface area (TPSA) is 55.8 Å². The number of thiophene rings is 1. The monoisotopic (exact) mass is 340 g/mol. The molecule has 0 radical (unpaired) electrons. The van der Waals surface area contributed by atoms with Crippen molar-refractivity contribution in [2.75, 3.05) is 13.7 Å².